The van der Waals surface area contributed by atoms with Gasteiger partial charge in [-0.1, -0.05) is 0 Å². The Morgan fingerprint density at radius 1 is 1.38 bits per heavy atom. The average Bonchev–Trinajstić information content (AvgIpc) is 2.93. The van der Waals surface area contributed by atoms with Crippen LogP contribution in [0.4, 0.5) is 5.69 Å². The fourth-order valence-electron chi connectivity index (χ4n) is 2.44. The first kappa shape index (κ1) is 16.6. The quantitative estimate of drug-likeness (QED) is 0.608. The number of ether oxygens (including phenoxy) is 1. The second-order valence-electron chi connectivity index (χ2n) is 5.46. The van der Waals surface area contributed by atoms with E-state index in [2.05, 4.69) is 20.5 Å². The fourth-order valence-corrected chi connectivity index (χ4v) is 3.50. The Hall–Kier alpha value is -2.29. The van der Waals surface area contributed by atoms with Crippen LogP contribution in [0.2, 0.25) is 0 Å². The van der Waals surface area contributed by atoms with Crippen LogP contribution in [-0.4, -0.2) is 27.4 Å². The zero-order valence-corrected chi connectivity index (χ0v) is 14.5. The summed E-state index contributed by atoms with van der Waals surface area (Å²) < 4.78 is 5.10. The number of anilines is 1. The third-order valence-electron chi connectivity index (χ3n) is 3.92. The molecule has 3 aromatic heterocycles. The molecule has 0 radical (unpaired) electrons. The van der Waals surface area contributed by atoms with Gasteiger partial charge in [-0.05, 0) is 31.0 Å². The standard InChI is InChI=1S/C16H19N5O2S/c1-8-9(2)20-21-16-12(8)13(17)14(24-16)15(22)19-7-10-4-5-18-11(6-10)23-3/h4-6,15,19,22H,7,17H2,1-3H3. The molecular formula is C16H19N5O2S. The second-order valence-corrected chi connectivity index (χ2v) is 6.49. The molecule has 24 heavy (non-hydrogen) atoms. The number of nitrogens with zero attached hydrogens (tertiary/aromatic N) is 3. The van der Waals surface area contributed by atoms with Crippen molar-refractivity contribution in [3.8, 4) is 5.88 Å². The van der Waals surface area contributed by atoms with Crippen molar-refractivity contribution in [2.24, 2.45) is 0 Å². The number of hydrogen-bond donors (Lipinski definition) is 3. The maximum Gasteiger partial charge on any atom is 0.213 e. The van der Waals surface area contributed by atoms with Crippen LogP contribution in [0.5, 0.6) is 5.88 Å². The molecular weight excluding hydrogens is 326 g/mol. The second kappa shape index (κ2) is 6.68. The summed E-state index contributed by atoms with van der Waals surface area (Å²) in [6, 6.07) is 3.67. The topological polar surface area (TPSA) is 106 Å². The van der Waals surface area contributed by atoms with Gasteiger partial charge in [0.1, 0.15) is 11.1 Å². The van der Waals surface area contributed by atoms with E-state index in [1.807, 2.05) is 26.0 Å². The van der Waals surface area contributed by atoms with Crippen LogP contribution in [-0.2, 0) is 6.54 Å². The molecule has 0 aliphatic rings. The van der Waals surface area contributed by atoms with E-state index in [-0.39, 0.29) is 0 Å². The van der Waals surface area contributed by atoms with Crippen molar-refractivity contribution in [3.63, 3.8) is 0 Å². The molecule has 0 aliphatic carbocycles. The van der Waals surface area contributed by atoms with E-state index < -0.39 is 6.23 Å². The number of pyridine rings is 1. The van der Waals surface area contributed by atoms with Gasteiger partial charge in [0.2, 0.25) is 5.88 Å². The van der Waals surface area contributed by atoms with Crippen molar-refractivity contribution in [2.75, 3.05) is 12.8 Å². The number of thiophene rings is 1. The van der Waals surface area contributed by atoms with Gasteiger partial charge in [-0.3, -0.25) is 5.32 Å². The third kappa shape index (κ3) is 3.03. The highest BCUT2D eigenvalue weighted by molar-refractivity contribution is 7.19. The lowest BCUT2D eigenvalue weighted by atomic mass is 10.1. The molecule has 3 rings (SSSR count). The van der Waals surface area contributed by atoms with Gasteiger partial charge in [-0.25, -0.2) is 4.98 Å². The number of methoxy groups -OCH3 is 1. The number of aliphatic hydroxyl groups excluding tert-OH is 1. The van der Waals surface area contributed by atoms with Gasteiger partial charge in [0.15, 0.2) is 0 Å². The Bertz CT molecular complexity index is 880. The first-order valence-corrected chi connectivity index (χ1v) is 8.25. The smallest absolute Gasteiger partial charge is 0.213 e. The van der Waals surface area contributed by atoms with Crippen molar-refractivity contribution in [1.29, 1.82) is 0 Å². The van der Waals surface area contributed by atoms with Crippen LogP contribution in [0.3, 0.4) is 0 Å². The molecule has 0 aliphatic heterocycles. The van der Waals surface area contributed by atoms with E-state index in [0.717, 1.165) is 27.0 Å². The zero-order valence-electron chi connectivity index (χ0n) is 13.7. The van der Waals surface area contributed by atoms with Crippen LogP contribution in [0.1, 0.15) is 27.9 Å². The Balaban J connectivity index is 1.82. The lowest BCUT2D eigenvalue weighted by molar-refractivity contribution is 0.141. The summed E-state index contributed by atoms with van der Waals surface area (Å²) in [5.74, 6) is 0.534. The number of rotatable bonds is 5. The van der Waals surface area contributed by atoms with Crippen molar-refractivity contribution in [1.82, 2.24) is 20.5 Å². The predicted octanol–water partition coefficient (Wildman–Crippen LogP) is 2.07. The van der Waals surface area contributed by atoms with E-state index in [4.69, 9.17) is 10.5 Å². The molecule has 0 fully saturated rings. The van der Waals surface area contributed by atoms with Gasteiger partial charge >= 0.3 is 0 Å². The first-order valence-electron chi connectivity index (χ1n) is 7.43. The molecule has 3 heterocycles. The van der Waals surface area contributed by atoms with Crippen molar-refractivity contribution in [3.05, 3.63) is 40.0 Å². The van der Waals surface area contributed by atoms with E-state index in [1.165, 1.54) is 11.3 Å². The van der Waals surface area contributed by atoms with E-state index in [0.29, 0.717) is 23.0 Å². The summed E-state index contributed by atoms with van der Waals surface area (Å²) in [5, 5.41) is 22.7. The summed E-state index contributed by atoms with van der Waals surface area (Å²) in [4.78, 5) is 5.44. The van der Waals surface area contributed by atoms with Gasteiger partial charge in [0, 0.05) is 24.2 Å². The van der Waals surface area contributed by atoms with Crippen LogP contribution >= 0.6 is 11.3 Å². The van der Waals surface area contributed by atoms with Crippen LogP contribution < -0.4 is 15.8 Å². The number of hydrogen-bond acceptors (Lipinski definition) is 8. The van der Waals surface area contributed by atoms with Gasteiger partial charge in [-0.2, -0.15) is 5.10 Å². The van der Waals surface area contributed by atoms with Gasteiger partial charge in [-0.15, -0.1) is 16.4 Å². The highest BCUT2D eigenvalue weighted by atomic mass is 32.1. The van der Waals surface area contributed by atoms with Gasteiger partial charge in [0.05, 0.1) is 23.4 Å². The number of nitrogens with two attached hydrogens (primary N) is 1. The molecule has 1 unspecified atom stereocenters. The zero-order chi connectivity index (χ0) is 17.3. The highest BCUT2D eigenvalue weighted by Crippen LogP contribution is 2.37. The highest BCUT2D eigenvalue weighted by Gasteiger charge is 2.20. The number of aryl methyl sites for hydroxylation is 2. The van der Waals surface area contributed by atoms with E-state index in [9.17, 15) is 5.11 Å². The Kier molecular flexibility index (Phi) is 4.61. The molecule has 4 N–H and O–H groups in total. The Morgan fingerprint density at radius 3 is 2.92 bits per heavy atom. The molecule has 7 nitrogen and oxygen atoms in total. The predicted molar refractivity (Wildman–Crippen MR) is 93.9 cm³/mol. The molecule has 0 saturated heterocycles. The van der Waals surface area contributed by atoms with E-state index in [1.54, 1.807) is 13.3 Å². The molecule has 1 atom stereocenters. The summed E-state index contributed by atoms with van der Waals surface area (Å²) in [5.41, 5.74) is 9.57. The number of aliphatic hydroxyl groups is 1. The number of nitrogens with one attached hydrogen (secondary N) is 1. The van der Waals surface area contributed by atoms with Crippen LogP contribution in [0.15, 0.2) is 18.3 Å². The maximum atomic E-state index is 10.5. The molecule has 0 amide bonds. The van der Waals surface area contributed by atoms with Crippen molar-refractivity contribution >= 4 is 27.2 Å². The Morgan fingerprint density at radius 2 is 2.17 bits per heavy atom. The third-order valence-corrected chi connectivity index (χ3v) is 5.06. The monoisotopic (exact) mass is 345 g/mol. The molecule has 0 aromatic carbocycles. The van der Waals surface area contributed by atoms with E-state index >= 15 is 0 Å². The van der Waals surface area contributed by atoms with Gasteiger partial charge in [0.25, 0.3) is 0 Å². The SMILES string of the molecule is COc1cc(CNC(O)c2sc3nnc(C)c(C)c3c2N)ccn1. The average molecular weight is 345 g/mol. The molecule has 0 bridgehead atoms. The minimum atomic E-state index is -0.886. The molecule has 3 aromatic rings. The van der Waals surface area contributed by atoms with Gasteiger partial charge < -0.3 is 15.6 Å². The number of aromatic nitrogens is 3. The summed E-state index contributed by atoms with van der Waals surface area (Å²) >= 11 is 1.35. The Labute approximate surface area is 143 Å². The summed E-state index contributed by atoms with van der Waals surface area (Å²) in [7, 11) is 1.57. The maximum absolute atomic E-state index is 10.5. The minimum Gasteiger partial charge on any atom is -0.481 e. The minimum absolute atomic E-state index is 0.456. The molecule has 8 heteroatoms. The molecule has 0 saturated carbocycles. The number of nitrogen functional groups attached to an aromatic ring is 1. The molecule has 0 spiro atoms. The lowest BCUT2D eigenvalue weighted by Crippen LogP contribution is -2.20. The largest absolute Gasteiger partial charge is 0.481 e. The first-order chi connectivity index (χ1) is 11.5. The fraction of sp³-hybridized carbons (Fsp3) is 0.312. The summed E-state index contributed by atoms with van der Waals surface area (Å²) in [6.45, 7) is 4.31. The van der Waals surface area contributed by atoms with Crippen LogP contribution in [0, 0.1) is 13.8 Å². The molecule has 126 valence electrons. The van der Waals surface area contributed by atoms with Crippen molar-refractivity contribution < 1.29 is 9.84 Å². The lowest BCUT2D eigenvalue weighted by Gasteiger charge is -2.12. The normalized spacial score (nSPS) is 12.5. The van der Waals surface area contributed by atoms with Crippen molar-refractivity contribution in [2.45, 2.75) is 26.6 Å². The summed E-state index contributed by atoms with van der Waals surface area (Å²) in [6.07, 6.45) is 0.778. The number of fused-ring (bicyclic) bond motifs is 1. The van der Waals surface area contributed by atoms with Crippen LogP contribution in [0.25, 0.3) is 10.2 Å².